The predicted molar refractivity (Wildman–Crippen MR) is 187 cm³/mol. The molecule has 4 atom stereocenters. The molecule has 0 spiro atoms. The summed E-state index contributed by atoms with van der Waals surface area (Å²) in [6, 6.07) is -0.980. The van der Waals surface area contributed by atoms with Crippen molar-refractivity contribution in [1.82, 2.24) is 5.32 Å². The van der Waals surface area contributed by atoms with Gasteiger partial charge in [0.15, 0.2) is 0 Å². The van der Waals surface area contributed by atoms with Crippen LogP contribution in [0.1, 0.15) is 181 Å². The first-order valence-electron chi connectivity index (χ1n) is 18.7. The minimum absolute atomic E-state index is 0.369. The van der Waals surface area contributed by atoms with Crippen molar-refractivity contribution in [2.45, 2.75) is 205 Å². The number of rotatable bonds is 33. The zero-order chi connectivity index (χ0) is 32.5. The largest absolute Gasteiger partial charge is 0.394 e. The van der Waals surface area contributed by atoms with E-state index in [9.17, 15) is 25.2 Å². The fraction of sp³-hybridized carbons (Fsp3) is 0.868. The van der Waals surface area contributed by atoms with Gasteiger partial charge in [0.05, 0.1) is 18.8 Å². The van der Waals surface area contributed by atoms with Crippen LogP contribution in [0.3, 0.4) is 0 Å². The number of aliphatic hydroxyl groups is 4. The number of amides is 1. The Kier molecular flexibility index (Phi) is 32.2. The summed E-state index contributed by atoms with van der Waals surface area (Å²) in [6.07, 6.45) is 35.0. The van der Waals surface area contributed by atoms with E-state index in [4.69, 9.17) is 0 Å². The maximum Gasteiger partial charge on any atom is 0.249 e. The highest BCUT2D eigenvalue weighted by molar-refractivity contribution is 5.80. The molecule has 0 fully saturated rings. The molecule has 6 nitrogen and oxygen atoms in total. The van der Waals surface area contributed by atoms with Crippen molar-refractivity contribution in [2.24, 2.45) is 0 Å². The molecule has 0 aliphatic carbocycles. The van der Waals surface area contributed by atoms with Crippen molar-refractivity contribution in [2.75, 3.05) is 6.61 Å². The maximum atomic E-state index is 12.4. The van der Waals surface area contributed by atoms with Crippen LogP contribution in [0.25, 0.3) is 0 Å². The molecule has 0 saturated carbocycles. The van der Waals surface area contributed by atoms with Gasteiger partial charge in [-0.15, -0.1) is 0 Å². The molecule has 0 saturated heterocycles. The second kappa shape index (κ2) is 33.2. The molecule has 0 rings (SSSR count). The van der Waals surface area contributed by atoms with Gasteiger partial charge in [-0.2, -0.15) is 0 Å². The van der Waals surface area contributed by atoms with Crippen LogP contribution < -0.4 is 5.32 Å². The first-order valence-corrected chi connectivity index (χ1v) is 18.7. The van der Waals surface area contributed by atoms with E-state index >= 15 is 0 Å². The third-order valence-corrected chi connectivity index (χ3v) is 8.68. The molecular formula is C38H73NO5. The third-order valence-electron chi connectivity index (χ3n) is 8.68. The summed E-state index contributed by atoms with van der Waals surface area (Å²) in [5.74, 6) is -0.588. The minimum atomic E-state index is -1.25. The first kappa shape index (κ1) is 42.8. The number of unbranched alkanes of at least 4 members (excludes halogenated alkanes) is 20. The molecule has 0 aromatic heterocycles. The van der Waals surface area contributed by atoms with Crippen LogP contribution in [0, 0.1) is 0 Å². The molecule has 44 heavy (non-hydrogen) atoms. The summed E-state index contributed by atoms with van der Waals surface area (Å²) < 4.78 is 0. The fourth-order valence-corrected chi connectivity index (χ4v) is 5.68. The monoisotopic (exact) mass is 624 g/mol. The summed E-state index contributed by atoms with van der Waals surface area (Å²) in [4.78, 5) is 12.4. The van der Waals surface area contributed by atoms with Gasteiger partial charge in [-0.3, -0.25) is 4.79 Å². The van der Waals surface area contributed by atoms with Crippen LogP contribution in [0.2, 0.25) is 0 Å². The van der Waals surface area contributed by atoms with Crippen LogP contribution in [0.5, 0.6) is 0 Å². The fourth-order valence-electron chi connectivity index (χ4n) is 5.68. The van der Waals surface area contributed by atoms with Crippen molar-refractivity contribution in [1.29, 1.82) is 0 Å². The number of aliphatic hydroxyl groups excluding tert-OH is 4. The van der Waals surface area contributed by atoms with Gasteiger partial charge in [0.1, 0.15) is 12.2 Å². The highest BCUT2D eigenvalue weighted by atomic mass is 16.3. The standard InChI is InChI=1S/C38H73NO5/c1-3-5-7-9-11-13-14-15-16-17-18-19-20-21-22-23-24-26-28-30-32-36(42)38(44)39-34(33-40)37(43)35(41)31-29-27-25-12-10-8-6-4-2/h5,7,11,13,34-37,40-43H,3-4,6,8-10,12,14-33H2,1-2H3,(H,39,44)/b7-5-,13-11-. The number of hydrogen-bond acceptors (Lipinski definition) is 5. The van der Waals surface area contributed by atoms with E-state index in [2.05, 4.69) is 43.5 Å². The lowest BCUT2D eigenvalue weighted by atomic mass is 9.99. The van der Waals surface area contributed by atoms with Crippen LogP contribution in [0.4, 0.5) is 0 Å². The van der Waals surface area contributed by atoms with E-state index < -0.39 is 36.9 Å². The number of nitrogens with one attached hydrogen (secondary N) is 1. The molecule has 0 aliphatic rings. The predicted octanol–water partition coefficient (Wildman–Crippen LogP) is 8.84. The number of hydrogen-bond donors (Lipinski definition) is 5. The third kappa shape index (κ3) is 27.1. The van der Waals surface area contributed by atoms with Crippen molar-refractivity contribution < 1.29 is 25.2 Å². The van der Waals surface area contributed by atoms with Crippen LogP contribution in [-0.2, 0) is 4.79 Å². The Morgan fingerprint density at radius 1 is 0.591 bits per heavy atom. The van der Waals surface area contributed by atoms with Gasteiger partial charge in [-0.25, -0.2) is 0 Å². The van der Waals surface area contributed by atoms with E-state index in [-0.39, 0.29) is 0 Å². The lowest BCUT2D eigenvalue weighted by Crippen LogP contribution is -2.53. The van der Waals surface area contributed by atoms with Crippen LogP contribution >= 0.6 is 0 Å². The quantitative estimate of drug-likeness (QED) is 0.0371. The Hall–Kier alpha value is -1.21. The summed E-state index contributed by atoms with van der Waals surface area (Å²) in [5, 5.41) is 43.3. The van der Waals surface area contributed by atoms with Crippen molar-refractivity contribution >= 4 is 5.91 Å². The minimum Gasteiger partial charge on any atom is -0.394 e. The Balaban J connectivity index is 3.71. The van der Waals surface area contributed by atoms with Crippen LogP contribution in [0.15, 0.2) is 24.3 Å². The molecule has 0 bridgehead atoms. The molecule has 0 aromatic rings. The van der Waals surface area contributed by atoms with Gasteiger partial charge < -0.3 is 25.7 Å². The molecule has 260 valence electrons. The Morgan fingerprint density at radius 2 is 1.05 bits per heavy atom. The molecule has 0 heterocycles. The Bertz CT molecular complexity index is 668. The molecule has 6 heteroatoms. The Labute approximate surface area is 272 Å². The summed E-state index contributed by atoms with van der Waals surface area (Å²) >= 11 is 0. The lowest BCUT2D eigenvalue weighted by molar-refractivity contribution is -0.132. The molecule has 4 unspecified atom stereocenters. The average Bonchev–Trinajstić information content (AvgIpc) is 3.03. The summed E-state index contributed by atoms with van der Waals surface area (Å²) in [6.45, 7) is 3.89. The average molecular weight is 624 g/mol. The van der Waals surface area contributed by atoms with Gasteiger partial charge in [-0.05, 0) is 38.5 Å². The number of carbonyl (C=O) groups is 1. The highest BCUT2D eigenvalue weighted by Gasteiger charge is 2.28. The number of carbonyl (C=O) groups excluding carboxylic acids is 1. The van der Waals surface area contributed by atoms with Crippen molar-refractivity contribution in [3.8, 4) is 0 Å². The summed E-state index contributed by atoms with van der Waals surface area (Å²) in [7, 11) is 0. The molecular weight excluding hydrogens is 550 g/mol. The van der Waals surface area contributed by atoms with Gasteiger partial charge in [0.25, 0.3) is 0 Å². The van der Waals surface area contributed by atoms with E-state index in [0.717, 1.165) is 51.4 Å². The van der Waals surface area contributed by atoms with E-state index in [1.807, 2.05) is 0 Å². The maximum absolute atomic E-state index is 12.4. The van der Waals surface area contributed by atoms with Crippen molar-refractivity contribution in [3.63, 3.8) is 0 Å². The second-order valence-corrected chi connectivity index (χ2v) is 12.9. The smallest absolute Gasteiger partial charge is 0.249 e. The summed E-state index contributed by atoms with van der Waals surface area (Å²) in [5.41, 5.74) is 0. The highest BCUT2D eigenvalue weighted by Crippen LogP contribution is 2.16. The van der Waals surface area contributed by atoms with Crippen molar-refractivity contribution in [3.05, 3.63) is 24.3 Å². The van der Waals surface area contributed by atoms with Gasteiger partial charge >= 0.3 is 0 Å². The zero-order valence-electron chi connectivity index (χ0n) is 28.9. The zero-order valence-corrected chi connectivity index (χ0v) is 28.9. The lowest BCUT2D eigenvalue weighted by Gasteiger charge is -2.27. The van der Waals surface area contributed by atoms with E-state index in [1.165, 1.54) is 103 Å². The van der Waals surface area contributed by atoms with Gasteiger partial charge in [0.2, 0.25) is 5.91 Å². The normalized spacial score (nSPS) is 14.8. The molecule has 0 radical (unpaired) electrons. The molecule has 5 N–H and O–H groups in total. The second-order valence-electron chi connectivity index (χ2n) is 12.9. The molecule has 0 aromatic carbocycles. The molecule has 1 amide bonds. The first-order chi connectivity index (χ1) is 21.5. The van der Waals surface area contributed by atoms with E-state index in [0.29, 0.717) is 12.8 Å². The topological polar surface area (TPSA) is 110 Å². The van der Waals surface area contributed by atoms with E-state index in [1.54, 1.807) is 0 Å². The Morgan fingerprint density at radius 3 is 1.55 bits per heavy atom. The van der Waals surface area contributed by atoms with Gasteiger partial charge in [0, 0.05) is 0 Å². The molecule has 0 aliphatic heterocycles. The van der Waals surface area contributed by atoms with Gasteiger partial charge in [-0.1, -0.05) is 167 Å². The SMILES string of the molecule is CC/C=C\C/C=C\CCCCCCCCCCCCCCCC(O)C(=O)NC(CO)C(O)C(O)CCCCCCCCCC. The number of allylic oxidation sites excluding steroid dienone is 4. The van der Waals surface area contributed by atoms with Crippen LogP contribution in [-0.4, -0.2) is 57.3 Å².